The molecule has 0 saturated carbocycles. The molecule has 108 valence electrons. The second-order valence-electron chi connectivity index (χ2n) is 4.20. The highest BCUT2D eigenvalue weighted by Crippen LogP contribution is 2.26. The first kappa shape index (κ1) is 15.7. The minimum absolute atomic E-state index is 0.0931. The molecule has 1 rings (SSSR count). The van der Waals surface area contributed by atoms with E-state index < -0.39 is 29.0 Å². The molecule has 0 atom stereocenters. The normalized spacial score (nSPS) is 11.1. The molecule has 1 aromatic carbocycles. The van der Waals surface area contributed by atoms with Crippen molar-refractivity contribution in [2.24, 2.45) is 0 Å². The SMILES string of the molecule is CN(C)CCNCCOc1c(F)c(F)cc(F)c1F. The molecular weight excluding hydrogens is 264 g/mol. The summed E-state index contributed by atoms with van der Waals surface area (Å²) in [6, 6.07) is 0.146. The minimum Gasteiger partial charge on any atom is -0.486 e. The van der Waals surface area contributed by atoms with Gasteiger partial charge in [0.2, 0.25) is 11.6 Å². The monoisotopic (exact) mass is 280 g/mol. The highest BCUT2D eigenvalue weighted by Gasteiger charge is 2.20. The molecule has 7 heteroatoms. The Kier molecular flexibility index (Phi) is 6.04. The van der Waals surface area contributed by atoms with Crippen molar-refractivity contribution < 1.29 is 22.3 Å². The Hall–Kier alpha value is -1.34. The summed E-state index contributed by atoms with van der Waals surface area (Å²) < 4.78 is 56.8. The van der Waals surface area contributed by atoms with Crippen molar-refractivity contribution in [2.45, 2.75) is 0 Å². The fourth-order valence-corrected chi connectivity index (χ4v) is 1.33. The van der Waals surface area contributed by atoms with E-state index in [9.17, 15) is 17.6 Å². The van der Waals surface area contributed by atoms with Crippen LogP contribution in [0.3, 0.4) is 0 Å². The summed E-state index contributed by atoms with van der Waals surface area (Å²) in [6.07, 6.45) is 0. The summed E-state index contributed by atoms with van der Waals surface area (Å²) in [6.45, 7) is 1.67. The highest BCUT2D eigenvalue weighted by molar-refractivity contribution is 5.28. The Morgan fingerprint density at radius 1 is 1.05 bits per heavy atom. The van der Waals surface area contributed by atoms with Gasteiger partial charge in [-0.3, -0.25) is 0 Å². The molecule has 0 aliphatic carbocycles. The van der Waals surface area contributed by atoms with Crippen LogP contribution < -0.4 is 10.1 Å². The van der Waals surface area contributed by atoms with Gasteiger partial charge in [0.1, 0.15) is 6.61 Å². The summed E-state index contributed by atoms with van der Waals surface area (Å²) in [5.74, 6) is -7.02. The average molecular weight is 280 g/mol. The zero-order valence-corrected chi connectivity index (χ0v) is 10.8. The molecule has 0 unspecified atom stereocenters. The lowest BCUT2D eigenvalue weighted by molar-refractivity contribution is 0.268. The van der Waals surface area contributed by atoms with Gasteiger partial charge in [0, 0.05) is 25.7 Å². The molecular formula is C12H16F4N2O. The van der Waals surface area contributed by atoms with E-state index in [0.29, 0.717) is 13.1 Å². The molecule has 0 aromatic heterocycles. The minimum atomic E-state index is -1.52. The molecule has 0 saturated heterocycles. The van der Waals surface area contributed by atoms with Gasteiger partial charge in [-0.15, -0.1) is 0 Å². The van der Waals surface area contributed by atoms with E-state index in [2.05, 4.69) is 5.32 Å². The molecule has 0 heterocycles. The van der Waals surface area contributed by atoms with Crippen LogP contribution in [0.25, 0.3) is 0 Å². The van der Waals surface area contributed by atoms with Crippen LogP contribution in [-0.2, 0) is 0 Å². The molecule has 0 fully saturated rings. The van der Waals surface area contributed by atoms with Gasteiger partial charge in [0.25, 0.3) is 0 Å². The van der Waals surface area contributed by atoms with Gasteiger partial charge in [-0.25, -0.2) is 8.78 Å². The van der Waals surface area contributed by atoms with E-state index in [-0.39, 0.29) is 12.7 Å². The highest BCUT2D eigenvalue weighted by atomic mass is 19.2. The second kappa shape index (κ2) is 7.30. The van der Waals surface area contributed by atoms with Gasteiger partial charge in [0.15, 0.2) is 17.4 Å². The molecule has 1 N–H and O–H groups in total. The first-order chi connectivity index (χ1) is 8.93. The lowest BCUT2D eigenvalue weighted by Gasteiger charge is -2.12. The summed E-state index contributed by atoms with van der Waals surface area (Å²) >= 11 is 0. The van der Waals surface area contributed by atoms with Crippen LogP contribution in [0.1, 0.15) is 0 Å². The van der Waals surface area contributed by atoms with Crippen LogP contribution >= 0.6 is 0 Å². The molecule has 0 aliphatic heterocycles. The van der Waals surface area contributed by atoms with E-state index in [1.165, 1.54) is 0 Å². The number of nitrogens with one attached hydrogen (secondary N) is 1. The van der Waals surface area contributed by atoms with E-state index in [0.717, 1.165) is 6.54 Å². The second-order valence-corrected chi connectivity index (χ2v) is 4.20. The van der Waals surface area contributed by atoms with Crippen molar-refractivity contribution in [1.29, 1.82) is 0 Å². The molecule has 3 nitrogen and oxygen atoms in total. The van der Waals surface area contributed by atoms with Gasteiger partial charge in [0.05, 0.1) is 0 Å². The Morgan fingerprint density at radius 3 is 2.16 bits per heavy atom. The van der Waals surface area contributed by atoms with Crippen molar-refractivity contribution in [3.8, 4) is 5.75 Å². The van der Waals surface area contributed by atoms with Gasteiger partial charge in [-0.05, 0) is 14.1 Å². The fraction of sp³-hybridized carbons (Fsp3) is 0.500. The van der Waals surface area contributed by atoms with E-state index in [1.54, 1.807) is 0 Å². The molecule has 0 spiro atoms. The maximum Gasteiger partial charge on any atom is 0.203 e. The molecule has 0 aliphatic rings. The molecule has 19 heavy (non-hydrogen) atoms. The van der Waals surface area contributed by atoms with Crippen molar-refractivity contribution >= 4 is 0 Å². The average Bonchev–Trinajstić information content (AvgIpc) is 2.34. The van der Waals surface area contributed by atoms with Crippen molar-refractivity contribution in [2.75, 3.05) is 40.3 Å². The van der Waals surface area contributed by atoms with Crippen LogP contribution in [-0.4, -0.2) is 45.2 Å². The molecule has 1 aromatic rings. The fourth-order valence-electron chi connectivity index (χ4n) is 1.33. The predicted molar refractivity (Wildman–Crippen MR) is 63.2 cm³/mol. The number of hydrogen-bond donors (Lipinski definition) is 1. The van der Waals surface area contributed by atoms with Crippen LogP contribution in [0, 0.1) is 23.3 Å². The number of hydrogen-bond acceptors (Lipinski definition) is 3. The number of halogens is 4. The number of rotatable bonds is 7. The summed E-state index contributed by atoms with van der Waals surface area (Å²) in [7, 11) is 3.80. The first-order valence-corrected chi connectivity index (χ1v) is 5.74. The number of nitrogens with zero attached hydrogens (tertiary/aromatic N) is 1. The van der Waals surface area contributed by atoms with E-state index in [1.807, 2.05) is 19.0 Å². The number of benzene rings is 1. The zero-order chi connectivity index (χ0) is 14.4. The van der Waals surface area contributed by atoms with Gasteiger partial charge >= 0.3 is 0 Å². The first-order valence-electron chi connectivity index (χ1n) is 5.74. The maximum absolute atomic E-state index is 13.2. The Labute approximate surface area is 109 Å². The molecule has 0 radical (unpaired) electrons. The molecule has 0 amide bonds. The van der Waals surface area contributed by atoms with E-state index in [4.69, 9.17) is 4.74 Å². The van der Waals surface area contributed by atoms with Gasteiger partial charge in [-0.2, -0.15) is 8.78 Å². The predicted octanol–water partition coefficient (Wildman–Crippen LogP) is 1.77. The summed E-state index contributed by atoms with van der Waals surface area (Å²) in [5, 5.41) is 2.96. The quantitative estimate of drug-likeness (QED) is 0.468. The Bertz CT molecular complexity index is 400. The smallest absolute Gasteiger partial charge is 0.203 e. The summed E-state index contributed by atoms with van der Waals surface area (Å²) in [4.78, 5) is 1.95. The van der Waals surface area contributed by atoms with Crippen molar-refractivity contribution in [3.63, 3.8) is 0 Å². The molecule has 0 bridgehead atoms. The third kappa shape index (κ3) is 4.68. The standard InChI is InChI=1S/C12H16F4N2O/c1-18(2)5-3-17-4-6-19-12-10(15)8(13)7-9(14)11(12)16/h7,17H,3-6H2,1-2H3. The van der Waals surface area contributed by atoms with Gasteiger partial charge in [-0.1, -0.05) is 0 Å². The van der Waals surface area contributed by atoms with E-state index >= 15 is 0 Å². The number of likely N-dealkylation sites (N-methyl/N-ethyl adjacent to an activating group) is 1. The van der Waals surface area contributed by atoms with Crippen LogP contribution in [0.15, 0.2) is 6.07 Å². The van der Waals surface area contributed by atoms with Crippen LogP contribution in [0.5, 0.6) is 5.75 Å². The Morgan fingerprint density at radius 2 is 1.63 bits per heavy atom. The lowest BCUT2D eigenvalue weighted by Crippen LogP contribution is -2.29. The van der Waals surface area contributed by atoms with Crippen LogP contribution in [0.2, 0.25) is 0 Å². The summed E-state index contributed by atoms with van der Waals surface area (Å²) in [5.41, 5.74) is 0. The largest absolute Gasteiger partial charge is 0.486 e. The van der Waals surface area contributed by atoms with Crippen LogP contribution in [0.4, 0.5) is 17.6 Å². The third-order valence-electron chi connectivity index (χ3n) is 2.33. The van der Waals surface area contributed by atoms with Crippen molar-refractivity contribution in [3.05, 3.63) is 29.3 Å². The van der Waals surface area contributed by atoms with Crippen molar-refractivity contribution in [1.82, 2.24) is 10.2 Å². The number of ether oxygens (including phenoxy) is 1. The van der Waals surface area contributed by atoms with Gasteiger partial charge < -0.3 is 15.0 Å². The lowest BCUT2D eigenvalue weighted by atomic mass is 10.3. The zero-order valence-electron chi connectivity index (χ0n) is 10.8. The maximum atomic E-state index is 13.2. The Balaban J connectivity index is 2.45. The third-order valence-corrected chi connectivity index (χ3v) is 2.33. The topological polar surface area (TPSA) is 24.5 Å².